The highest BCUT2D eigenvalue weighted by Crippen LogP contribution is 2.24. The molecule has 3 rings (SSSR count). The van der Waals surface area contributed by atoms with Gasteiger partial charge in [0.2, 0.25) is 10.0 Å². The monoisotopic (exact) mass is 422 g/mol. The number of aryl methyl sites for hydroxylation is 1. The SMILES string of the molecule is COc1ccc(C)cc1NC(=O)C[NH+]1CCN(S(=O)(=O)c2cccc(F)c2)CC1. The summed E-state index contributed by atoms with van der Waals surface area (Å²) in [4.78, 5) is 13.4. The Morgan fingerprint density at radius 3 is 2.59 bits per heavy atom. The predicted octanol–water partition coefficient (Wildman–Crippen LogP) is 0.671. The van der Waals surface area contributed by atoms with Crippen molar-refractivity contribution in [1.82, 2.24) is 4.31 Å². The normalized spacial score (nSPS) is 15.8. The number of ether oxygens (including phenoxy) is 1. The molecule has 0 atom stereocenters. The van der Waals surface area contributed by atoms with Crippen LogP contribution in [0.4, 0.5) is 10.1 Å². The van der Waals surface area contributed by atoms with Gasteiger partial charge >= 0.3 is 0 Å². The lowest BCUT2D eigenvalue weighted by molar-refractivity contribution is -0.895. The maximum absolute atomic E-state index is 13.4. The number of carbonyl (C=O) groups is 1. The van der Waals surface area contributed by atoms with Gasteiger partial charge in [0.25, 0.3) is 5.91 Å². The van der Waals surface area contributed by atoms with Gasteiger partial charge in [-0.2, -0.15) is 4.31 Å². The minimum absolute atomic E-state index is 0.0507. The highest BCUT2D eigenvalue weighted by Gasteiger charge is 2.31. The third kappa shape index (κ3) is 5.11. The minimum atomic E-state index is -3.74. The standard InChI is InChI=1S/C20H24FN3O4S/c1-15-6-7-19(28-2)18(12-15)22-20(25)14-23-8-10-24(11-9-23)29(26,27)17-5-3-4-16(21)13-17/h3-7,12-13H,8-11,14H2,1-2H3,(H,22,25)/p+1. The first kappa shape index (κ1) is 21.2. The van der Waals surface area contributed by atoms with Crippen molar-refractivity contribution in [1.29, 1.82) is 0 Å². The summed E-state index contributed by atoms with van der Waals surface area (Å²) in [6.07, 6.45) is 0. The topological polar surface area (TPSA) is 80.2 Å². The summed E-state index contributed by atoms with van der Waals surface area (Å²) < 4.78 is 45.3. The summed E-state index contributed by atoms with van der Waals surface area (Å²) >= 11 is 0. The van der Waals surface area contributed by atoms with E-state index >= 15 is 0 Å². The number of benzene rings is 2. The average Bonchev–Trinajstić information content (AvgIpc) is 2.68. The molecule has 0 unspecified atom stereocenters. The molecular formula is C20H25FN3O4S+. The third-order valence-corrected chi connectivity index (χ3v) is 6.80. The van der Waals surface area contributed by atoms with Crippen LogP contribution in [0.5, 0.6) is 5.75 Å². The lowest BCUT2D eigenvalue weighted by Gasteiger charge is -2.31. The minimum Gasteiger partial charge on any atom is -0.495 e. The third-order valence-electron chi connectivity index (χ3n) is 4.90. The molecule has 1 fully saturated rings. The van der Waals surface area contributed by atoms with E-state index in [1.54, 1.807) is 13.2 Å². The van der Waals surface area contributed by atoms with E-state index in [-0.39, 0.29) is 30.4 Å². The van der Waals surface area contributed by atoms with E-state index in [4.69, 9.17) is 4.74 Å². The Morgan fingerprint density at radius 2 is 1.93 bits per heavy atom. The summed E-state index contributed by atoms with van der Waals surface area (Å²) in [5.74, 6) is -0.158. The molecule has 2 N–H and O–H groups in total. The number of carbonyl (C=O) groups excluding carboxylic acids is 1. The fourth-order valence-corrected chi connectivity index (χ4v) is 4.81. The molecule has 0 bridgehead atoms. The van der Waals surface area contributed by atoms with E-state index < -0.39 is 15.8 Å². The quantitative estimate of drug-likeness (QED) is 0.717. The molecule has 1 amide bonds. The molecule has 1 aliphatic rings. The molecule has 2 aromatic rings. The first-order valence-corrected chi connectivity index (χ1v) is 10.8. The summed E-state index contributed by atoms with van der Waals surface area (Å²) in [7, 11) is -2.19. The smallest absolute Gasteiger partial charge is 0.279 e. The Morgan fingerprint density at radius 1 is 1.21 bits per heavy atom. The Bertz CT molecular complexity index is 989. The molecule has 2 aromatic carbocycles. The fourth-order valence-electron chi connectivity index (χ4n) is 3.34. The molecule has 0 radical (unpaired) electrons. The van der Waals surface area contributed by atoms with Gasteiger partial charge in [0.05, 0.1) is 43.9 Å². The van der Waals surface area contributed by atoms with Gasteiger partial charge < -0.3 is 15.0 Å². The number of nitrogens with one attached hydrogen (secondary N) is 2. The number of methoxy groups -OCH3 is 1. The van der Waals surface area contributed by atoms with Gasteiger partial charge in [-0.25, -0.2) is 12.8 Å². The maximum Gasteiger partial charge on any atom is 0.279 e. The Labute approximate surface area is 170 Å². The number of hydrogen-bond acceptors (Lipinski definition) is 4. The molecule has 0 aliphatic carbocycles. The van der Waals surface area contributed by atoms with Crippen LogP contribution in [0.25, 0.3) is 0 Å². The average molecular weight is 423 g/mol. The molecule has 156 valence electrons. The van der Waals surface area contributed by atoms with Gasteiger partial charge in [-0.3, -0.25) is 4.79 Å². The van der Waals surface area contributed by atoms with Crippen LogP contribution in [0.3, 0.4) is 0 Å². The van der Waals surface area contributed by atoms with E-state index in [1.165, 1.54) is 22.5 Å². The van der Waals surface area contributed by atoms with Crippen LogP contribution in [-0.2, 0) is 14.8 Å². The zero-order valence-electron chi connectivity index (χ0n) is 16.4. The summed E-state index contributed by atoms with van der Waals surface area (Å²) in [6, 6.07) is 10.6. The van der Waals surface area contributed by atoms with Gasteiger partial charge in [0, 0.05) is 0 Å². The lowest BCUT2D eigenvalue weighted by Crippen LogP contribution is -3.15. The molecular weight excluding hydrogens is 397 g/mol. The number of nitrogens with zero attached hydrogens (tertiary/aromatic N) is 1. The molecule has 0 spiro atoms. The molecule has 1 heterocycles. The Balaban J connectivity index is 1.57. The second-order valence-electron chi connectivity index (χ2n) is 7.04. The van der Waals surface area contributed by atoms with E-state index in [2.05, 4.69) is 5.32 Å². The van der Waals surface area contributed by atoms with Crippen molar-refractivity contribution in [2.24, 2.45) is 0 Å². The lowest BCUT2D eigenvalue weighted by atomic mass is 10.2. The molecule has 9 heteroatoms. The Kier molecular flexibility index (Phi) is 6.51. The van der Waals surface area contributed by atoms with Crippen LogP contribution < -0.4 is 15.0 Å². The summed E-state index contributed by atoms with van der Waals surface area (Å²) in [5, 5.41) is 2.86. The van der Waals surface area contributed by atoms with Crippen molar-refractivity contribution in [3.63, 3.8) is 0 Å². The van der Waals surface area contributed by atoms with Crippen LogP contribution in [0, 0.1) is 12.7 Å². The van der Waals surface area contributed by atoms with Crippen LogP contribution in [0.1, 0.15) is 5.56 Å². The molecule has 7 nitrogen and oxygen atoms in total. The van der Waals surface area contributed by atoms with Crippen LogP contribution in [-0.4, -0.2) is 58.5 Å². The number of amides is 1. The Hall–Kier alpha value is -2.49. The predicted molar refractivity (Wildman–Crippen MR) is 107 cm³/mol. The van der Waals surface area contributed by atoms with E-state index in [1.807, 2.05) is 19.1 Å². The van der Waals surface area contributed by atoms with Crippen molar-refractivity contribution >= 4 is 21.6 Å². The zero-order valence-corrected chi connectivity index (χ0v) is 17.3. The highest BCUT2D eigenvalue weighted by atomic mass is 32.2. The molecule has 1 saturated heterocycles. The number of hydrogen-bond donors (Lipinski definition) is 2. The van der Waals surface area contributed by atoms with Gasteiger partial charge in [-0.05, 0) is 42.8 Å². The number of halogens is 1. The van der Waals surface area contributed by atoms with E-state index in [9.17, 15) is 17.6 Å². The first-order valence-electron chi connectivity index (χ1n) is 9.33. The molecule has 0 aromatic heterocycles. The summed E-state index contributed by atoms with van der Waals surface area (Å²) in [6.45, 7) is 3.69. The van der Waals surface area contributed by atoms with E-state index in [0.29, 0.717) is 24.5 Å². The van der Waals surface area contributed by atoms with Crippen molar-refractivity contribution in [2.45, 2.75) is 11.8 Å². The van der Waals surface area contributed by atoms with Gasteiger partial charge in [-0.15, -0.1) is 0 Å². The second-order valence-corrected chi connectivity index (χ2v) is 8.98. The van der Waals surface area contributed by atoms with Crippen LogP contribution >= 0.6 is 0 Å². The fraction of sp³-hybridized carbons (Fsp3) is 0.350. The van der Waals surface area contributed by atoms with Crippen molar-refractivity contribution in [3.05, 3.63) is 53.8 Å². The number of rotatable bonds is 6. The second kappa shape index (κ2) is 8.89. The van der Waals surface area contributed by atoms with Gasteiger partial charge in [0.15, 0.2) is 6.54 Å². The maximum atomic E-state index is 13.4. The van der Waals surface area contributed by atoms with Crippen molar-refractivity contribution in [3.8, 4) is 5.75 Å². The number of sulfonamides is 1. The van der Waals surface area contributed by atoms with Crippen LogP contribution in [0.2, 0.25) is 0 Å². The van der Waals surface area contributed by atoms with Gasteiger partial charge in [0.1, 0.15) is 11.6 Å². The first-order chi connectivity index (χ1) is 13.8. The van der Waals surface area contributed by atoms with E-state index in [0.717, 1.165) is 16.5 Å². The number of piperazine rings is 1. The zero-order chi connectivity index (χ0) is 21.0. The molecule has 0 saturated carbocycles. The van der Waals surface area contributed by atoms with Crippen LogP contribution in [0.15, 0.2) is 47.4 Å². The molecule has 29 heavy (non-hydrogen) atoms. The summed E-state index contributed by atoms with van der Waals surface area (Å²) in [5.41, 5.74) is 1.62. The van der Waals surface area contributed by atoms with Gasteiger partial charge in [-0.1, -0.05) is 12.1 Å². The highest BCUT2D eigenvalue weighted by molar-refractivity contribution is 7.89. The van der Waals surface area contributed by atoms with Crippen molar-refractivity contribution < 1.29 is 27.2 Å². The molecule has 1 aliphatic heterocycles. The number of quaternary nitrogens is 1. The largest absolute Gasteiger partial charge is 0.495 e. The van der Waals surface area contributed by atoms with Crippen molar-refractivity contribution in [2.75, 3.05) is 45.2 Å². The number of anilines is 1.